The number of aliphatic carboxylic acids is 2. The highest BCUT2D eigenvalue weighted by Gasteiger charge is 2.21. The van der Waals surface area contributed by atoms with Crippen molar-refractivity contribution in [2.45, 2.75) is 32.6 Å². The van der Waals surface area contributed by atoms with Crippen LogP contribution in [-0.2, 0) is 20.8 Å². The van der Waals surface area contributed by atoms with Crippen molar-refractivity contribution in [2.24, 2.45) is 0 Å². The van der Waals surface area contributed by atoms with Gasteiger partial charge >= 0.3 is 11.9 Å². The predicted molar refractivity (Wildman–Crippen MR) is 77.0 cm³/mol. The van der Waals surface area contributed by atoms with Crippen LogP contribution in [0.15, 0.2) is 41.5 Å². The Morgan fingerprint density at radius 1 is 0.952 bits per heavy atom. The van der Waals surface area contributed by atoms with E-state index in [2.05, 4.69) is 0 Å². The third-order valence-electron chi connectivity index (χ3n) is 3.16. The molecule has 0 spiro atoms. The zero-order valence-electron chi connectivity index (χ0n) is 11.8. The molecule has 0 unspecified atom stereocenters. The second-order valence-corrected chi connectivity index (χ2v) is 4.62. The lowest BCUT2D eigenvalue weighted by Gasteiger charge is -2.08. The van der Waals surface area contributed by atoms with Crippen molar-refractivity contribution in [2.75, 3.05) is 0 Å². The molecule has 1 aromatic rings. The maximum Gasteiger partial charge on any atom is 0.332 e. The Morgan fingerprint density at radius 2 is 1.52 bits per heavy atom. The molecule has 112 valence electrons. The van der Waals surface area contributed by atoms with Crippen LogP contribution in [0.25, 0.3) is 0 Å². The van der Waals surface area contributed by atoms with Gasteiger partial charge in [-0.2, -0.15) is 0 Å². The van der Waals surface area contributed by atoms with Crippen LogP contribution in [0.3, 0.4) is 0 Å². The molecule has 1 aromatic carbocycles. The number of ketones is 1. The van der Waals surface area contributed by atoms with Crippen LogP contribution in [0.1, 0.15) is 31.7 Å². The lowest BCUT2D eigenvalue weighted by Crippen LogP contribution is -2.15. The van der Waals surface area contributed by atoms with Crippen LogP contribution >= 0.6 is 0 Å². The highest BCUT2D eigenvalue weighted by Crippen LogP contribution is 2.18. The Balaban J connectivity index is 2.99. The smallest absolute Gasteiger partial charge is 0.332 e. The van der Waals surface area contributed by atoms with Gasteiger partial charge in [-0.05, 0) is 18.4 Å². The van der Waals surface area contributed by atoms with Gasteiger partial charge in [0, 0.05) is 18.4 Å². The first-order chi connectivity index (χ1) is 9.95. The molecule has 1 rings (SSSR count). The molecule has 5 nitrogen and oxygen atoms in total. The van der Waals surface area contributed by atoms with Crippen LogP contribution in [-0.4, -0.2) is 27.9 Å². The van der Waals surface area contributed by atoms with Gasteiger partial charge in [0.2, 0.25) is 0 Å². The first-order valence-electron chi connectivity index (χ1n) is 6.70. The van der Waals surface area contributed by atoms with E-state index in [0.29, 0.717) is 6.42 Å². The van der Waals surface area contributed by atoms with Crippen LogP contribution in [0.4, 0.5) is 0 Å². The van der Waals surface area contributed by atoms with Gasteiger partial charge in [0.25, 0.3) is 0 Å². The number of carbonyl (C=O) groups excluding carboxylic acids is 1. The molecule has 0 atom stereocenters. The molecule has 21 heavy (non-hydrogen) atoms. The molecular formula is C16H18O5. The molecule has 0 saturated heterocycles. The van der Waals surface area contributed by atoms with Gasteiger partial charge in [-0.15, -0.1) is 0 Å². The summed E-state index contributed by atoms with van der Waals surface area (Å²) in [6, 6.07) is 9.20. The Kier molecular flexibility index (Phi) is 6.33. The van der Waals surface area contributed by atoms with Crippen molar-refractivity contribution in [1.29, 1.82) is 0 Å². The Labute approximate surface area is 122 Å². The van der Waals surface area contributed by atoms with Crippen molar-refractivity contribution in [3.63, 3.8) is 0 Å². The highest BCUT2D eigenvalue weighted by atomic mass is 16.4. The molecule has 2 N–H and O–H groups in total. The summed E-state index contributed by atoms with van der Waals surface area (Å²) < 4.78 is 0. The fraction of sp³-hybridized carbons (Fsp3) is 0.312. The van der Waals surface area contributed by atoms with E-state index in [1.807, 2.05) is 30.3 Å². The van der Waals surface area contributed by atoms with E-state index in [0.717, 1.165) is 5.56 Å². The van der Waals surface area contributed by atoms with Crippen molar-refractivity contribution in [3.8, 4) is 0 Å². The number of carbonyl (C=O) groups is 3. The van der Waals surface area contributed by atoms with E-state index >= 15 is 0 Å². The SMILES string of the molecule is CCC(=O)C/C(C(=O)O)=C(/CCc1ccccc1)C(=O)O. The number of Topliss-reactive ketones (excluding diaryl/α,β-unsaturated/α-hetero) is 1. The first kappa shape index (κ1) is 16.6. The van der Waals surface area contributed by atoms with Gasteiger partial charge in [-0.1, -0.05) is 37.3 Å². The molecule has 0 aliphatic rings. The van der Waals surface area contributed by atoms with Crippen molar-refractivity contribution in [3.05, 3.63) is 47.0 Å². The lowest BCUT2D eigenvalue weighted by molar-refractivity contribution is -0.136. The zero-order valence-corrected chi connectivity index (χ0v) is 11.8. The van der Waals surface area contributed by atoms with E-state index in [4.69, 9.17) is 5.11 Å². The van der Waals surface area contributed by atoms with Crippen LogP contribution in [0.2, 0.25) is 0 Å². The summed E-state index contributed by atoms with van der Waals surface area (Å²) in [6.45, 7) is 1.62. The zero-order chi connectivity index (χ0) is 15.8. The van der Waals surface area contributed by atoms with E-state index < -0.39 is 11.9 Å². The van der Waals surface area contributed by atoms with Crippen molar-refractivity contribution >= 4 is 17.7 Å². The predicted octanol–water partition coefficient (Wildman–Crippen LogP) is 2.45. The number of carboxylic acid groups (broad SMARTS) is 2. The summed E-state index contributed by atoms with van der Waals surface area (Å²) in [5, 5.41) is 18.4. The molecule has 0 amide bonds. The maximum atomic E-state index is 11.4. The Hall–Kier alpha value is -2.43. The minimum atomic E-state index is -1.35. The van der Waals surface area contributed by atoms with E-state index in [9.17, 15) is 19.5 Å². The molecule has 0 aromatic heterocycles. The average molecular weight is 290 g/mol. The Morgan fingerprint density at radius 3 is 2.00 bits per heavy atom. The number of aryl methyl sites for hydroxylation is 1. The fourth-order valence-corrected chi connectivity index (χ4v) is 1.93. The molecule has 0 aliphatic heterocycles. The lowest BCUT2D eigenvalue weighted by atomic mass is 9.96. The summed E-state index contributed by atoms with van der Waals surface area (Å²) >= 11 is 0. The number of hydrogen-bond acceptors (Lipinski definition) is 3. The summed E-state index contributed by atoms with van der Waals surface area (Å²) in [5.41, 5.74) is 0.404. The molecular weight excluding hydrogens is 272 g/mol. The second-order valence-electron chi connectivity index (χ2n) is 4.62. The fourth-order valence-electron chi connectivity index (χ4n) is 1.93. The topological polar surface area (TPSA) is 91.7 Å². The maximum absolute atomic E-state index is 11.4. The molecule has 0 fully saturated rings. The molecule has 5 heteroatoms. The van der Waals surface area contributed by atoms with Crippen LogP contribution < -0.4 is 0 Å². The number of hydrogen-bond donors (Lipinski definition) is 2. The standard InChI is InChI=1S/C16H18O5/c1-2-12(17)10-14(16(20)21)13(15(18)19)9-8-11-6-4-3-5-7-11/h3-7H,2,8-10H2,1H3,(H,18,19)(H,20,21)/b14-13+. The third kappa shape index (κ3) is 5.22. The first-order valence-corrected chi connectivity index (χ1v) is 6.70. The molecule has 0 saturated carbocycles. The summed E-state index contributed by atoms with van der Waals surface area (Å²) in [7, 11) is 0. The quantitative estimate of drug-likeness (QED) is 0.717. The summed E-state index contributed by atoms with van der Waals surface area (Å²) in [5.74, 6) is -2.92. The van der Waals surface area contributed by atoms with Crippen molar-refractivity contribution < 1.29 is 24.6 Å². The number of benzene rings is 1. The second kappa shape index (κ2) is 7.99. The Bertz CT molecular complexity index is 557. The van der Waals surface area contributed by atoms with Crippen LogP contribution in [0, 0.1) is 0 Å². The number of rotatable bonds is 8. The van der Waals surface area contributed by atoms with Gasteiger partial charge in [0.1, 0.15) is 5.78 Å². The molecule has 0 bridgehead atoms. The average Bonchev–Trinajstić information content (AvgIpc) is 2.46. The van der Waals surface area contributed by atoms with Gasteiger partial charge in [0.05, 0.1) is 5.57 Å². The van der Waals surface area contributed by atoms with Gasteiger partial charge < -0.3 is 10.2 Å². The minimum absolute atomic E-state index is 0.0813. The van der Waals surface area contributed by atoms with Crippen molar-refractivity contribution in [1.82, 2.24) is 0 Å². The largest absolute Gasteiger partial charge is 0.478 e. The van der Waals surface area contributed by atoms with Crippen LogP contribution in [0.5, 0.6) is 0 Å². The summed E-state index contributed by atoms with van der Waals surface area (Å²) in [4.78, 5) is 34.0. The number of carboxylic acids is 2. The molecule has 0 heterocycles. The van der Waals surface area contributed by atoms with E-state index in [-0.39, 0.29) is 36.2 Å². The minimum Gasteiger partial charge on any atom is -0.478 e. The highest BCUT2D eigenvalue weighted by molar-refractivity contribution is 6.02. The van der Waals surface area contributed by atoms with Gasteiger partial charge in [-0.25, -0.2) is 9.59 Å². The molecule has 0 radical (unpaired) electrons. The van der Waals surface area contributed by atoms with E-state index in [1.54, 1.807) is 6.92 Å². The summed E-state index contributed by atoms with van der Waals surface area (Å²) in [6.07, 6.45) is 0.335. The molecule has 0 aliphatic carbocycles. The van der Waals surface area contributed by atoms with Gasteiger partial charge in [0.15, 0.2) is 0 Å². The normalized spacial score (nSPS) is 11.7. The third-order valence-corrected chi connectivity index (χ3v) is 3.16. The van der Waals surface area contributed by atoms with E-state index in [1.165, 1.54) is 0 Å². The monoisotopic (exact) mass is 290 g/mol. The van der Waals surface area contributed by atoms with Gasteiger partial charge in [-0.3, -0.25) is 4.79 Å².